The second-order valence-corrected chi connectivity index (χ2v) is 9.48. The minimum atomic E-state index is -3.70. The Kier molecular flexibility index (Phi) is 5.23. The van der Waals surface area contributed by atoms with Gasteiger partial charge in [0.25, 0.3) is 5.91 Å². The van der Waals surface area contributed by atoms with Crippen LogP contribution < -0.4 is 10.5 Å². The summed E-state index contributed by atoms with van der Waals surface area (Å²) in [6, 6.07) is 15.8. The van der Waals surface area contributed by atoms with Crippen molar-refractivity contribution in [1.82, 2.24) is 9.62 Å². The van der Waals surface area contributed by atoms with E-state index in [4.69, 9.17) is 5.73 Å². The molecule has 2 aliphatic rings. The molecular weight excluding hydrogens is 374 g/mol. The largest absolute Gasteiger partial charge is 0.338 e. The van der Waals surface area contributed by atoms with Gasteiger partial charge in [0.15, 0.2) is 0 Å². The van der Waals surface area contributed by atoms with Crippen molar-refractivity contribution in [3.8, 4) is 0 Å². The molecule has 2 aromatic carbocycles. The van der Waals surface area contributed by atoms with E-state index in [2.05, 4.69) is 4.72 Å². The number of rotatable bonds is 5. The molecule has 0 bridgehead atoms. The third kappa shape index (κ3) is 3.83. The molecule has 2 fully saturated rings. The van der Waals surface area contributed by atoms with Crippen molar-refractivity contribution in [2.24, 2.45) is 17.6 Å². The number of nitrogens with zero attached hydrogens (tertiary/aromatic N) is 1. The van der Waals surface area contributed by atoms with Gasteiger partial charge in [-0.15, -0.1) is 0 Å². The lowest BCUT2D eigenvalue weighted by Gasteiger charge is -2.19. The van der Waals surface area contributed by atoms with E-state index < -0.39 is 10.0 Å². The number of carbonyl (C=O) groups is 1. The maximum Gasteiger partial charge on any atom is 0.253 e. The molecule has 4 rings (SSSR count). The van der Waals surface area contributed by atoms with Gasteiger partial charge in [0.1, 0.15) is 0 Å². The minimum absolute atomic E-state index is 0.102. The van der Waals surface area contributed by atoms with Crippen molar-refractivity contribution in [3.05, 3.63) is 65.7 Å². The number of fused-ring (bicyclic) bond motifs is 1. The first-order valence-electron chi connectivity index (χ1n) is 9.62. The Morgan fingerprint density at radius 2 is 1.86 bits per heavy atom. The number of likely N-dealkylation sites (tertiary alicyclic amines) is 1. The molecule has 0 spiro atoms. The third-order valence-electron chi connectivity index (χ3n) is 5.90. The van der Waals surface area contributed by atoms with E-state index in [9.17, 15) is 13.2 Å². The van der Waals surface area contributed by atoms with Gasteiger partial charge in [0.2, 0.25) is 10.0 Å². The van der Waals surface area contributed by atoms with E-state index in [0.717, 1.165) is 18.4 Å². The molecule has 1 saturated carbocycles. The summed E-state index contributed by atoms with van der Waals surface area (Å²) in [5.74, 6) is 0.712. The smallest absolute Gasteiger partial charge is 0.253 e. The zero-order chi connectivity index (χ0) is 19.7. The maximum atomic E-state index is 12.9. The van der Waals surface area contributed by atoms with Gasteiger partial charge in [0.05, 0.1) is 4.90 Å². The van der Waals surface area contributed by atoms with Crippen LogP contribution in [0.4, 0.5) is 0 Å². The molecule has 1 amide bonds. The molecule has 6 nitrogen and oxygen atoms in total. The molecule has 28 heavy (non-hydrogen) atoms. The van der Waals surface area contributed by atoms with Crippen molar-refractivity contribution < 1.29 is 13.2 Å². The fraction of sp³-hybridized carbons (Fsp3) is 0.381. The Hall–Kier alpha value is -2.22. The lowest BCUT2D eigenvalue weighted by molar-refractivity contribution is 0.0779. The second-order valence-electron chi connectivity index (χ2n) is 7.71. The van der Waals surface area contributed by atoms with Crippen LogP contribution in [0.15, 0.2) is 59.5 Å². The van der Waals surface area contributed by atoms with Crippen molar-refractivity contribution in [2.45, 2.75) is 30.3 Å². The Morgan fingerprint density at radius 3 is 2.61 bits per heavy atom. The lowest BCUT2D eigenvalue weighted by Crippen LogP contribution is -2.33. The van der Waals surface area contributed by atoms with Gasteiger partial charge >= 0.3 is 0 Å². The number of hydrogen-bond donors (Lipinski definition) is 2. The quantitative estimate of drug-likeness (QED) is 0.804. The van der Waals surface area contributed by atoms with E-state index in [1.807, 2.05) is 35.2 Å². The normalized spacial score (nSPS) is 24.3. The summed E-state index contributed by atoms with van der Waals surface area (Å²) in [7, 11) is -3.70. The fourth-order valence-electron chi connectivity index (χ4n) is 4.31. The van der Waals surface area contributed by atoms with Crippen molar-refractivity contribution >= 4 is 15.9 Å². The molecular formula is C21H25N3O3S. The van der Waals surface area contributed by atoms with Gasteiger partial charge < -0.3 is 10.6 Å². The highest BCUT2D eigenvalue weighted by Crippen LogP contribution is 2.37. The van der Waals surface area contributed by atoms with Crippen LogP contribution in [0.3, 0.4) is 0 Å². The summed E-state index contributed by atoms with van der Waals surface area (Å²) in [5.41, 5.74) is 7.43. The topological polar surface area (TPSA) is 92.5 Å². The number of nitrogens with two attached hydrogens (primary N) is 1. The van der Waals surface area contributed by atoms with E-state index in [-0.39, 0.29) is 23.4 Å². The molecule has 3 N–H and O–H groups in total. The van der Waals surface area contributed by atoms with Crippen LogP contribution in [0.5, 0.6) is 0 Å². The molecule has 1 aliphatic carbocycles. The third-order valence-corrected chi connectivity index (χ3v) is 7.30. The second kappa shape index (κ2) is 7.66. The first-order valence-corrected chi connectivity index (χ1v) is 11.1. The SMILES string of the molecule is NC1CCC2CN(C(=O)c3cccc(S(=O)(=O)NCc4ccccc4)c3)CC12. The number of amides is 1. The lowest BCUT2D eigenvalue weighted by atomic mass is 9.98. The number of benzene rings is 2. The number of hydrogen-bond acceptors (Lipinski definition) is 4. The Balaban J connectivity index is 1.47. The highest BCUT2D eigenvalue weighted by Gasteiger charge is 2.42. The molecule has 1 saturated heterocycles. The molecule has 7 heteroatoms. The fourth-order valence-corrected chi connectivity index (χ4v) is 5.37. The average molecular weight is 400 g/mol. The van der Waals surface area contributed by atoms with Gasteiger partial charge in [-0.25, -0.2) is 13.1 Å². The molecule has 3 atom stereocenters. The maximum absolute atomic E-state index is 12.9. The summed E-state index contributed by atoms with van der Waals surface area (Å²) in [5, 5.41) is 0. The van der Waals surface area contributed by atoms with Gasteiger partial charge in [0, 0.05) is 31.2 Å². The van der Waals surface area contributed by atoms with Gasteiger partial charge in [-0.2, -0.15) is 0 Å². The first-order chi connectivity index (χ1) is 13.4. The molecule has 0 aromatic heterocycles. The van der Waals surface area contributed by atoms with E-state index in [1.54, 1.807) is 12.1 Å². The zero-order valence-corrected chi connectivity index (χ0v) is 16.4. The van der Waals surface area contributed by atoms with Crippen LogP contribution in [-0.4, -0.2) is 38.4 Å². The summed E-state index contributed by atoms with van der Waals surface area (Å²) in [4.78, 5) is 14.8. The van der Waals surface area contributed by atoms with E-state index in [1.165, 1.54) is 12.1 Å². The van der Waals surface area contributed by atoms with Crippen LogP contribution in [0, 0.1) is 11.8 Å². The average Bonchev–Trinajstić information content (AvgIpc) is 3.29. The van der Waals surface area contributed by atoms with Gasteiger partial charge in [-0.3, -0.25) is 4.79 Å². The number of nitrogens with one attached hydrogen (secondary N) is 1. The standard InChI is InChI=1S/C21H25N3O3S/c22-20-10-9-17-13-24(14-19(17)20)21(25)16-7-4-8-18(11-16)28(26,27)23-12-15-5-2-1-3-6-15/h1-8,11,17,19-20,23H,9-10,12-14,22H2. The summed E-state index contributed by atoms with van der Waals surface area (Å²) < 4.78 is 27.9. The molecule has 2 aromatic rings. The Bertz CT molecular complexity index is 962. The first kappa shape index (κ1) is 19.1. The molecule has 0 radical (unpaired) electrons. The number of carbonyl (C=O) groups excluding carboxylic acids is 1. The van der Waals surface area contributed by atoms with Crippen LogP contribution in [-0.2, 0) is 16.6 Å². The highest BCUT2D eigenvalue weighted by atomic mass is 32.2. The van der Waals surface area contributed by atoms with E-state index >= 15 is 0 Å². The van der Waals surface area contributed by atoms with Crippen molar-refractivity contribution in [3.63, 3.8) is 0 Å². The molecule has 148 valence electrons. The Labute approximate surface area is 165 Å². The molecule has 3 unspecified atom stereocenters. The van der Waals surface area contributed by atoms with Gasteiger partial charge in [-0.1, -0.05) is 36.4 Å². The van der Waals surface area contributed by atoms with Crippen LogP contribution in [0.25, 0.3) is 0 Å². The zero-order valence-electron chi connectivity index (χ0n) is 15.6. The highest BCUT2D eigenvalue weighted by molar-refractivity contribution is 7.89. The minimum Gasteiger partial charge on any atom is -0.338 e. The Morgan fingerprint density at radius 1 is 1.07 bits per heavy atom. The molecule has 1 aliphatic heterocycles. The summed E-state index contributed by atoms with van der Waals surface area (Å²) in [6.07, 6.45) is 2.09. The number of sulfonamides is 1. The van der Waals surface area contributed by atoms with Gasteiger partial charge in [-0.05, 0) is 48.4 Å². The predicted octanol–water partition coefficient (Wildman–Crippen LogP) is 1.97. The predicted molar refractivity (Wildman–Crippen MR) is 107 cm³/mol. The van der Waals surface area contributed by atoms with E-state index in [0.29, 0.717) is 30.5 Å². The molecule has 1 heterocycles. The van der Waals surface area contributed by atoms with Crippen molar-refractivity contribution in [1.29, 1.82) is 0 Å². The summed E-state index contributed by atoms with van der Waals surface area (Å²) >= 11 is 0. The monoisotopic (exact) mass is 399 g/mol. The van der Waals surface area contributed by atoms with Crippen LogP contribution in [0.1, 0.15) is 28.8 Å². The van der Waals surface area contributed by atoms with Crippen LogP contribution >= 0.6 is 0 Å². The summed E-state index contributed by atoms with van der Waals surface area (Å²) in [6.45, 7) is 1.57. The van der Waals surface area contributed by atoms with Crippen LogP contribution in [0.2, 0.25) is 0 Å². The van der Waals surface area contributed by atoms with Crippen molar-refractivity contribution in [2.75, 3.05) is 13.1 Å².